The van der Waals surface area contributed by atoms with Crippen molar-refractivity contribution >= 4 is 35.8 Å². The summed E-state index contributed by atoms with van der Waals surface area (Å²) in [5.74, 6) is 0.643. The largest absolute Gasteiger partial charge is 0.434 e. The Balaban J connectivity index is 0.00000512. The van der Waals surface area contributed by atoms with E-state index in [2.05, 4.69) is 25.3 Å². The predicted octanol–water partition coefficient (Wildman–Crippen LogP) is 3.25. The summed E-state index contributed by atoms with van der Waals surface area (Å²) >= 11 is 0. The summed E-state index contributed by atoms with van der Waals surface area (Å²) in [7, 11) is 0. The minimum Gasteiger partial charge on any atom is -0.434 e. The highest BCUT2D eigenvalue weighted by atomic mass is 127. The normalized spacial score (nSPS) is 15.3. The lowest BCUT2D eigenvalue weighted by molar-refractivity contribution is -0.123. The van der Waals surface area contributed by atoms with E-state index in [0.29, 0.717) is 18.1 Å². The fourth-order valence-corrected chi connectivity index (χ4v) is 3.66. The number of amides is 1. The number of piperidine rings is 1. The summed E-state index contributed by atoms with van der Waals surface area (Å²) < 4.78 is 29.9. The van der Waals surface area contributed by atoms with Gasteiger partial charge in [-0.2, -0.15) is 8.78 Å². The van der Waals surface area contributed by atoms with Gasteiger partial charge in [0.25, 0.3) is 0 Å². The summed E-state index contributed by atoms with van der Waals surface area (Å²) in [5, 5.41) is 6.47. The van der Waals surface area contributed by atoms with Crippen molar-refractivity contribution in [3.8, 4) is 5.75 Å². The Morgan fingerprint density at radius 1 is 1.28 bits per heavy atom. The van der Waals surface area contributed by atoms with Gasteiger partial charge in [-0.15, -0.1) is 24.0 Å². The summed E-state index contributed by atoms with van der Waals surface area (Å²) in [6.45, 7) is 5.57. The Kier molecular flexibility index (Phi) is 13.5. The van der Waals surface area contributed by atoms with E-state index in [-0.39, 0.29) is 48.1 Å². The lowest BCUT2D eigenvalue weighted by Crippen LogP contribution is -2.39. The highest BCUT2D eigenvalue weighted by Gasteiger charge is 2.22. The number of unbranched alkanes of at least 4 members (excludes halogenated alkanes) is 1. The molecule has 0 unspecified atom stereocenters. The predicted molar refractivity (Wildman–Crippen MR) is 134 cm³/mol. The molecule has 0 aliphatic carbocycles. The van der Waals surface area contributed by atoms with E-state index in [1.807, 2.05) is 19.9 Å². The Morgan fingerprint density at radius 2 is 2.00 bits per heavy atom. The molecule has 1 aliphatic rings. The molecule has 0 spiro atoms. The second kappa shape index (κ2) is 15.2. The fraction of sp³-hybridized carbons (Fsp3) is 0.636. The van der Waals surface area contributed by atoms with Crippen LogP contribution in [0.2, 0.25) is 0 Å². The zero-order valence-electron chi connectivity index (χ0n) is 18.9. The van der Waals surface area contributed by atoms with Gasteiger partial charge >= 0.3 is 6.61 Å². The van der Waals surface area contributed by atoms with Crippen molar-refractivity contribution < 1.29 is 18.3 Å². The van der Waals surface area contributed by atoms with Crippen LogP contribution >= 0.6 is 24.0 Å². The van der Waals surface area contributed by atoms with Crippen molar-refractivity contribution in [1.29, 1.82) is 0 Å². The van der Waals surface area contributed by atoms with Crippen molar-refractivity contribution in [3.05, 3.63) is 29.3 Å². The Bertz CT molecular complexity index is 728. The first-order valence-electron chi connectivity index (χ1n) is 11.0. The van der Waals surface area contributed by atoms with Gasteiger partial charge in [0.2, 0.25) is 5.91 Å². The molecule has 1 amide bonds. The number of nitrogens with two attached hydrogens (primary N) is 1. The molecule has 0 aromatic heterocycles. The maximum atomic E-state index is 12.6. The lowest BCUT2D eigenvalue weighted by Gasteiger charge is -2.30. The number of guanidine groups is 1. The van der Waals surface area contributed by atoms with E-state index in [0.717, 1.165) is 57.4 Å². The van der Waals surface area contributed by atoms with Crippen LogP contribution in [0, 0.1) is 12.8 Å². The van der Waals surface area contributed by atoms with Crippen molar-refractivity contribution in [2.75, 3.05) is 32.7 Å². The van der Waals surface area contributed by atoms with Crippen molar-refractivity contribution in [1.82, 2.24) is 15.5 Å². The molecule has 10 heteroatoms. The number of likely N-dealkylation sites (tertiary alicyclic amines) is 1. The number of aliphatic imine (C=N–C) groups is 1. The van der Waals surface area contributed by atoms with Gasteiger partial charge in [-0.05, 0) is 65.2 Å². The number of carbonyl (C=O) groups excluding carboxylic acids is 1. The number of nitrogens with zero attached hydrogens (tertiary/aromatic N) is 2. The molecule has 4 N–H and O–H groups in total. The number of halogens is 3. The van der Waals surface area contributed by atoms with Gasteiger partial charge in [0, 0.05) is 24.6 Å². The SMILES string of the molecule is CCNC(=NCc1cc(C)ccc1OC(F)F)NCCCCN1CCC(C(N)=O)CC1.I. The van der Waals surface area contributed by atoms with Crippen molar-refractivity contribution in [3.63, 3.8) is 0 Å². The standard InChI is InChI=1S/C22H35F2N5O2.HI/c1-3-26-22(28-15-18-14-16(2)6-7-19(18)31-21(23)24)27-10-4-5-11-29-12-8-17(9-13-29)20(25)30;/h6-7,14,17,21H,3-5,8-13,15H2,1-2H3,(H2,25,30)(H2,26,27,28);1H. The number of carbonyl (C=O) groups is 1. The zero-order valence-corrected chi connectivity index (χ0v) is 21.2. The zero-order chi connectivity index (χ0) is 22.6. The highest BCUT2D eigenvalue weighted by Crippen LogP contribution is 2.23. The summed E-state index contributed by atoms with van der Waals surface area (Å²) in [6, 6.07) is 5.11. The van der Waals surface area contributed by atoms with Gasteiger partial charge in [-0.25, -0.2) is 4.99 Å². The maximum absolute atomic E-state index is 12.6. The van der Waals surface area contributed by atoms with Crippen LogP contribution in [0.25, 0.3) is 0 Å². The quantitative estimate of drug-likeness (QED) is 0.165. The average molecular weight is 567 g/mol. The molecule has 32 heavy (non-hydrogen) atoms. The Morgan fingerprint density at radius 3 is 2.62 bits per heavy atom. The molecule has 182 valence electrons. The summed E-state index contributed by atoms with van der Waals surface area (Å²) in [4.78, 5) is 18.1. The molecule has 1 fully saturated rings. The molecule has 0 saturated carbocycles. The third-order valence-corrected chi connectivity index (χ3v) is 5.37. The highest BCUT2D eigenvalue weighted by molar-refractivity contribution is 14.0. The van der Waals surface area contributed by atoms with Crippen LogP contribution in [0.5, 0.6) is 5.75 Å². The number of benzene rings is 1. The monoisotopic (exact) mass is 567 g/mol. The van der Waals surface area contributed by atoms with Crippen LogP contribution in [0.15, 0.2) is 23.2 Å². The van der Waals surface area contributed by atoms with E-state index in [1.54, 1.807) is 12.1 Å². The van der Waals surface area contributed by atoms with Gasteiger partial charge in [-0.3, -0.25) is 4.79 Å². The number of rotatable bonds is 11. The number of hydrogen-bond donors (Lipinski definition) is 3. The van der Waals surface area contributed by atoms with Crippen LogP contribution in [-0.2, 0) is 11.3 Å². The molecule has 0 atom stereocenters. The van der Waals surface area contributed by atoms with Gasteiger partial charge in [0.15, 0.2) is 5.96 Å². The molecule has 0 bridgehead atoms. The number of primary amides is 1. The van der Waals surface area contributed by atoms with E-state index in [4.69, 9.17) is 5.73 Å². The minimum absolute atomic E-state index is 0. The first-order valence-corrected chi connectivity index (χ1v) is 11.0. The van der Waals surface area contributed by atoms with E-state index >= 15 is 0 Å². The first kappa shape index (κ1) is 28.3. The van der Waals surface area contributed by atoms with E-state index in [1.165, 1.54) is 0 Å². The van der Waals surface area contributed by atoms with Gasteiger partial charge in [-0.1, -0.05) is 17.7 Å². The second-order valence-electron chi connectivity index (χ2n) is 7.84. The fourth-order valence-electron chi connectivity index (χ4n) is 3.66. The Hall–Kier alpha value is -1.69. The van der Waals surface area contributed by atoms with E-state index < -0.39 is 6.61 Å². The smallest absolute Gasteiger partial charge is 0.387 e. The van der Waals surface area contributed by atoms with E-state index in [9.17, 15) is 13.6 Å². The first-order chi connectivity index (χ1) is 14.9. The number of alkyl halides is 2. The van der Waals surface area contributed by atoms with Gasteiger partial charge in [0.05, 0.1) is 6.54 Å². The van der Waals surface area contributed by atoms with Crippen LogP contribution < -0.4 is 21.1 Å². The minimum atomic E-state index is -2.86. The molecule has 1 aromatic carbocycles. The lowest BCUT2D eigenvalue weighted by atomic mass is 9.96. The molecular formula is C22H36F2IN5O2. The maximum Gasteiger partial charge on any atom is 0.387 e. The summed E-state index contributed by atoms with van der Waals surface area (Å²) in [6.07, 6.45) is 3.71. The second-order valence-corrected chi connectivity index (χ2v) is 7.84. The third kappa shape index (κ3) is 10.3. The number of nitrogens with one attached hydrogen (secondary N) is 2. The van der Waals surface area contributed by atoms with Gasteiger partial charge in [0.1, 0.15) is 5.75 Å². The van der Waals surface area contributed by atoms with Crippen LogP contribution in [0.1, 0.15) is 43.7 Å². The number of ether oxygens (including phenoxy) is 1. The van der Waals surface area contributed by atoms with Gasteiger partial charge < -0.3 is 26.0 Å². The molecule has 2 rings (SSSR count). The molecule has 1 saturated heterocycles. The molecule has 1 heterocycles. The van der Waals surface area contributed by atoms with Crippen LogP contribution in [0.3, 0.4) is 0 Å². The van der Waals surface area contributed by atoms with Crippen LogP contribution in [0.4, 0.5) is 8.78 Å². The van der Waals surface area contributed by atoms with Crippen LogP contribution in [-0.4, -0.2) is 56.1 Å². The number of hydrogen-bond acceptors (Lipinski definition) is 4. The van der Waals surface area contributed by atoms with Crippen molar-refractivity contribution in [2.24, 2.45) is 16.6 Å². The summed E-state index contributed by atoms with van der Waals surface area (Å²) in [5.41, 5.74) is 6.97. The average Bonchev–Trinajstić information content (AvgIpc) is 2.73. The third-order valence-electron chi connectivity index (χ3n) is 5.37. The molecule has 1 aliphatic heterocycles. The topological polar surface area (TPSA) is 92.0 Å². The molecule has 1 aromatic rings. The Labute approximate surface area is 206 Å². The number of aryl methyl sites for hydroxylation is 1. The molecule has 7 nitrogen and oxygen atoms in total. The van der Waals surface area contributed by atoms with Crippen molar-refractivity contribution in [2.45, 2.75) is 52.7 Å². The molecular weight excluding hydrogens is 531 g/mol. The molecule has 0 radical (unpaired) electrons.